The third-order valence-corrected chi connectivity index (χ3v) is 3.58. The van der Waals surface area contributed by atoms with Crippen LogP contribution in [0.25, 0.3) is 0 Å². The highest BCUT2D eigenvalue weighted by Crippen LogP contribution is 2.28. The van der Waals surface area contributed by atoms with Gasteiger partial charge in [0.15, 0.2) is 18.1 Å². The van der Waals surface area contributed by atoms with Crippen molar-refractivity contribution in [3.05, 3.63) is 71.8 Å². The lowest BCUT2D eigenvalue weighted by Gasteiger charge is -2.12. The molecular formula is C20H23NO3. The largest absolute Gasteiger partial charge is 0.493 e. The maximum Gasteiger partial charge on any atom is 0.258 e. The van der Waals surface area contributed by atoms with Crippen LogP contribution in [0.3, 0.4) is 0 Å². The summed E-state index contributed by atoms with van der Waals surface area (Å²) < 4.78 is 10.9. The van der Waals surface area contributed by atoms with Gasteiger partial charge in [-0.05, 0) is 36.6 Å². The van der Waals surface area contributed by atoms with Crippen LogP contribution in [0.4, 0.5) is 0 Å². The third-order valence-electron chi connectivity index (χ3n) is 3.58. The first-order chi connectivity index (χ1) is 11.6. The van der Waals surface area contributed by atoms with E-state index in [0.29, 0.717) is 18.0 Å². The molecule has 2 rings (SSSR count). The second-order valence-corrected chi connectivity index (χ2v) is 5.53. The molecule has 0 unspecified atom stereocenters. The van der Waals surface area contributed by atoms with E-state index in [2.05, 4.69) is 11.9 Å². The summed E-state index contributed by atoms with van der Waals surface area (Å²) in [7, 11) is 1.58. The van der Waals surface area contributed by atoms with Crippen molar-refractivity contribution in [2.45, 2.75) is 19.9 Å². The van der Waals surface area contributed by atoms with E-state index in [1.54, 1.807) is 7.11 Å². The Hall–Kier alpha value is -2.75. The average Bonchev–Trinajstić information content (AvgIpc) is 2.60. The predicted molar refractivity (Wildman–Crippen MR) is 95.4 cm³/mol. The Labute approximate surface area is 143 Å². The third kappa shape index (κ3) is 5.16. The number of methoxy groups -OCH3 is 1. The molecule has 126 valence electrons. The molecule has 0 aliphatic carbocycles. The number of hydrogen-bond donors (Lipinski definition) is 1. The normalized spacial score (nSPS) is 10.1. The molecule has 0 atom stereocenters. The maximum absolute atomic E-state index is 11.9. The standard InChI is InChI=1S/C20H23NO3/c1-4-5-16-10-11-18(19(12-16)23-3)24-14-20(22)21-13-17-8-6-15(2)7-9-17/h4,6-12H,1,5,13-14H2,2-3H3,(H,21,22). The van der Waals surface area contributed by atoms with Crippen molar-refractivity contribution < 1.29 is 14.3 Å². The molecule has 0 saturated heterocycles. The van der Waals surface area contributed by atoms with Gasteiger partial charge in [-0.2, -0.15) is 0 Å². The van der Waals surface area contributed by atoms with Crippen LogP contribution < -0.4 is 14.8 Å². The van der Waals surface area contributed by atoms with Gasteiger partial charge in [-0.25, -0.2) is 0 Å². The zero-order chi connectivity index (χ0) is 17.4. The van der Waals surface area contributed by atoms with Crippen LogP contribution in [0.2, 0.25) is 0 Å². The van der Waals surface area contributed by atoms with Crippen molar-refractivity contribution in [2.24, 2.45) is 0 Å². The lowest BCUT2D eigenvalue weighted by molar-refractivity contribution is -0.123. The minimum absolute atomic E-state index is 0.0526. The van der Waals surface area contributed by atoms with Crippen molar-refractivity contribution in [1.82, 2.24) is 5.32 Å². The highest BCUT2D eigenvalue weighted by atomic mass is 16.5. The number of hydrogen-bond acceptors (Lipinski definition) is 3. The molecular weight excluding hydrogens is 302 g/mol. The number of nitrogens with one attached hydrogen (secondary N) is 1. The number of allylic oxidation sites excluding steroid dienone is 1. The number of carbonyl (C=O) groups is 1. The highest BCUT2D eigenvalue weighted by molar-refractivity contribution is 5.77. The van der Waals surface area contributed by atoms with E-state index in [1.807, 2.05) is 55.5 Å². The first-order valence-electron chi connectivity index (χ1n) is 7.85. The van der Waals surface area contributed by atoms with Gasteiger partial charge < -0.3 is 14.8 Å². The molecule has 1 amide bonds. The van der Waals surface area contributed by atoms with Gasteiger partial charge in [0.2, 0.25) is 0 Å². The first kappa shape index (κ1) is 17.6. The molecule has 0 spiro atoms. The molecule has 1 N–H and O–H groups in total. The molecule has 0 bridgehead atoms. The molecule has 0 fully saturated rings. The van der Waals surface area contributed by atoms with Crippen LogP contribution in [-0.4, -0.2) is 19.6 Å². The Morgan fingerprint density at radius 1 is 1.12 bits per heavy atom. The average molecular weight is 325 g/mol. The molecule has 2 aromatic rings. The van der Waals surface area contributed by atoms with Crippen molar-refractivity contribution in [2.75, 3.05) is 13.7 Å². The van der Waals surface area contributed by atoms with Gasteiger partial charge in [0.1, 0.15) is 0 Å². The monoisotopic (exact) mass is 325 g/mol. The van der Waals surface area contributed by atoms with Crippen LogP contribution >= 0.6 is 0 Å². The van der Waals surface area contributed by atoms with Gasteiger partial charge in [0, 0.05) is 6.54 Å². The van der Waals surface area contributed by atoms with E-state index in [1.165, 1.54) is 5.56 Å². The van der Waals surface area contributed by atoms with E-state index in [-0.39, 0.29) is 12.5 Å². The van der Waals surface area contributed by atoms with E-state index in [4.69, 9.17) is 9.47 Å². The quantitative estimate of drug-likeness (QED) is 0.757. The Morgan fingerprint density at radius 2 is 1.83 bits per heavy atom. The summed E-state index contributed by atoms with van der Waals surface area (Å²) in [5.41, 5.74) is 3.33. The lowest BCUT2D eigenvalue weighted by Crippen LogP contribution is -2.28. The Balaban J connectivity index is 1.86. The van der Waals surface area contributed by atoms with Gasteiger partial charge in [0.05, 0.1) is 7.11 Å². The van der Waals surface area contributed by atoms with Crippen molar-refractivity contribution in [3.8, 4) is 11.5 Å². The summed E-state index contributed by atoms with van der Waals surface area (Å²) >= 11 is 0. The van der Waals surface area contributed by atoms with E-state index < -0.39 is 0 Å². The van der Waals surface area contributed by atoms with Gasteiger partial charge in [-0.3, -0.25) is 4.79 Å². The second-order valence-electron chi connectivity index (χ2n) is 5.53. The Morgan fingerprint density at radius 3 is 2.50 bits per heavy atom. The second kappa shape index (κ2) is 8.77. The first-order valence-corrected chi connectivity index (χ1v) is 7.85. The Bertz CT molecular complexity index is 693. The van der Waals surface area contributed by atoms with Gasteiger partial charge in [0.25, 0.3) is 5.91 Å². The number of amides is 1. The molecule has 0 aliphatic heterocycles. The van der Waals surface area contributed by atoms with Crippen molar-refractivity contribution >= 4 is 5.91 Å². The molecule has 0 saturated carbocycles. The van der Waals surface area contributed by atoms with E-state index in [0.717, 1.165) is 17.5 Å². The molecule has 0 radical (unpaired) electrons. The smallest absolute Gasteiger partial charge is 0.258 e. The van der Waals surface area contributed by atoms with Crippen LogP contribution in [0.5, 0.6) is 11.5 Å². The predicted octanol–water partition coefficient (Wildman–Crippen LogP) is 3.43. The summed E-state index contributed by atoms with van der Waals surface area (Å²) in [6.45, 7) is 6.18. The molecule has 4 nitrogen and oxygen atoms in total. The van der Waals surface area contributed by atoms with Crippen LogP contribution in [0.15, 0.2) is 55.1 Å². The molecule has 0 heterocycles. The highest BCUT2D eigenvalue weighted by Gasteiger charge is 2.08. The molecule has 2 aromatic carbocycles. The van der Waals surface area contributed by atoms with Crippen LogP contribution in [0, 0.1) is 6.92 Å². The lowest BCUT2D eigenvalue weighted by atomic mass is 10.1. The fourth-order valence-corrected chi connectivity index (χ4v) is 2.23. The molecule has 0 aliphatic rings. The van der Waals surface area contributed by atoms with E-state index in [9.17, 15) is 4.79 Å². The minimum Gasteiger partial charge on any atom is -0.493 e. The summed E-state index contributed by atoms with van der Waals surface area (Å²) in [4.78, 5) is 11.9. The summed E-state index contributed by atoms with van der Waals surface area (Å²) in [6.07, 6.45) is 2.58. The van der Waals surface area contributed by atoms with Gasteiger partial charge >= 0.3 is 0 Å². The Kier molecular flexibility index (Phi) is 6.43. The summed E-state index contributed by atoms with van der Waals surface area (Å²) in [6, 6.07) is 13.7. The van der Waals surface area contributed by atoms with E-state index >= 15 is 0 Å². The topological polar surface area (TPSA) is 47.6 Å². The number of benzene rings is 2. The van der Waals surface area contributed by atoms with Gasteiger partial charge in [-0.1, -0.05) is 42.0 Å². The zero-order valence-corrected chi connectivity index (χ0v) is 14.2. The molecule has 0 aromatic heterocycles. The zero-order valence-electron chi connectivity index (χ0n) is 14.2. The fourth-order valence-electron chi connectivity index (χ4n) is 2.23. The summed E-state index contributed by atoms with van der Waals surface area (Å²) in [5, 5.41) is 2.84. The van der Waals surface area contributed by atoms with Gasteiger partial charge in [-0.15, -0.1) is 6.58 Å². The van der Waals surface area contributed by atoms with Crippen LogP contribution in [-0.2, 0) is 17.8 Å². The number of rotatable bonds is 8. The number of ether oxygens (including phenoxy) is 2. The maximum atomic E-state index is 11.9. The summed E-state index contributed by atoms with van der Waals surface area (Å²) in [5.74, 6) is 0.990. The van der Waals surface area contributed by atoms with Crippen molar-refractivity contribution in [1.29, 1.82) is 0 Å². The number of carbonyl (C=O) groups excluding carboxylic acids is 1. The van der Waals surface area contributed by atoms with Crippen molar-refractivity contribution in [3.63, 3.8) is 0 Å². The van der Waals surface area contributed by atoms with Crippen LogP contribution in [0.1, 0.15) is 16.7 Å². The SMILES string of the molecule is C=CCc1ccc(OCC(=O)NCc2ccc(C)cc2)c(OC)c1. The fraction of sp³-hybridized carbons (Fsp3) is 0.250. The molecule has 4 heteroatoms. The minimum atomic E-state index is -0.173. The molecule has 24 heavy (non-hydrogen) atoms. The number of aryl methyl sites for hydroxylation is 1.